The van der Waals surface area contributed by atoms with E-state index >= 15 is 0 Å². The van der Waals surface area contributed by atoms with Crippen LogP contribution in [-0.4, -0.2) is 17.0 Å². The number of nitrogens with two attached hydrogens (primary N) is 1. The third kappa shape index (κ3) is 3.47. The normalized spacial score (nSPS) is 11.4. The van der Waals surface area contributed by atoms with Gasteiger partial charge in [-0.15, -0.1) is 0 Å². The fraction of sp³-hybridized carbons (Fsp3) is 0.375. The van der Waals surface area contributed by atoms with E-state index in [0.29, 0.717) is 5.82 Å². The fourth-order valence-electron chi connectivity index (χ4n) is 1.92. The van der Waals surface area contributed by atoms with Gasteiger partial charge in [-0.25, -0.2) is 9.97 Å². The zero-order valence-corrected chi connectivity index (χ0v) is 12.6. The van der Waals surface area contributed by atoms with Gasteiger partial charge in [-0.3, -0.25) is 0 Å². The third-order valence-electron chi connectivity index (χ3n) is 3.06. The lowest BCUT2D eigenvalue weighted by molar-refractivity contribution is 0.545. The van der Waals surface area contributed by atoms with Crippen molar-refractivity contribution in [3.63, 3.8) is 0 Å². The average molecular weight is 270 g/mol. The van der Waals surface area contributed by atoms with Crippen molar-refractivity contribution in [2.45, 2.75) is 32.7 Å². The van der Waals surface area contributed by atoms with Crippen molar-refractivity contribution in [2.24, 2.45) is 0 Å². The minimum Gasteiger partial charge on any atom is -0.384 e. The molecule has 0 amide bonds. The number of aromatic nitrogens is 2. The van der Waals surface area contributed by atoms with Crippen molar-refractivity contribution in [3.05, 3.63) is 47.8 Å². The molecule has 0 spiro atoms. The Kier molecular flexibility index (Phi) is 3.93. The van der Waals surface area contributed by atoms with Gasteiger partial charge in [-0.1, -0.05) is 51.1 Å². The van der Waals surface area contributed by atoms with Crippen LogP contribution in [0.15, 0.2) is 36.4 Å². The second-order valence-corrected chi connectivity index (χ2v) is 6.07. The van der Waals surface area contributed by atoms with Crippen LogP contribution in [0, 0.1) is 0 Å². The molecule has 4 heteroatoms. The van der Waals surface area contributed by atoms with E-state index in [9.17, 15) is 0 Å². The summed E-state index contributed by atoms with van der Waals surface area (Å²) in [6.45, 7) is 7.05. The maximum Gasteiger partial charge on any atom is 0.138 e. The van der Waals surface area contributed by atoms with Gasteiger partial charge in [-0.05, 0) is 5.56 Å². The summed E-state index contributed by atoms with van der Waals surface area (Å²) in [5.41, 5.74) is 7.04. The first kappa shape index (κ1) is 14.3. The lowest BCUT2D eigenvalue weighted by atomic mass is 9.96. The van der Waals surface area contributed by atoms with Crippen LogP contribution in [0.25, 0.3) is 0 Å². The summed E-state index contributed by atoms with van der Waals surface area (Å²) < 4.78 is 0. The van der Waals surface area contributed by atoms with Crippen LogP contribution in [0.4, 0.5) is 11.6 Å². The topological polar surface area (TPSA) is 55.0 Å². The van der Waals surface area contributed by atoms with Crippen LogP contribution in [0.3, 0.4) is 0 Å². The molecule has 1 aromatic carbocycles. The predicted molar refractivity (Wildman–Crippen MR) is 83.7 cm³/mol. The molecule has 0 unspecified atom stereocenters. The van der Waals surface area contributed by atoms with Gasteiger partial charge in [0.05, 0.1) is 0 Å². The van der Waals surface area contributed by atoms with Crippen molar-refractivity contribution in [3.8, 4) is 0 Å². The predicted octanol–water partition coefficient (Wildman–Crippen LogP) is 2.99. The zero-order chi connectivity index (χ0) is 14.8. The van der Waals surface area contributed by atoms with Crippen molar-refractivity contribution < 1.29 is 0 Å². The molecule has 0 radical (unpaired) electrons. The standard InChI is InChI=1S/C16H22N4/c1-16(2,3)15-18-13(17)10-14(19-15)20(4)11-12-8-6-5-7-9-12/h5-10H,11H2,1-4H3,(H2,17,18,19). The molecule has 4 nitrogen and oxygen atoms in total. The number of anilines is 2. The molecule has 0 bridgehead atoms. The van der Waals surface area contributed by atoms with E-state index in [1.165, 1.54) is 5.56 Å². The van der Waals surface area contributed by atoms with Crippen LogP contribution in [0.1, 0.15) is 32.2 Å². The summed E-state index contributed by atoms with van der Waals surface area (Å²) in [7, 11) is 2.02. The SMILES string of the molecule is CN(Cc1ccccc1)c1cc(N)nc(C(C)(C)C)n1. The Labute approximate surface area is 120 Å². The summed E-state index contributed by atoms with van der Waals surface area (Å²) in [6.07, 6.45) is 0. The minimum absolute atomic E-state index is 0.113. The molecule has 0 aliphatic heterocycles. The molecule has 1 heterocycles. The summed E-state index contributed by atoms with van der Waals surface area (Å²) in [5.74, 6) is 2.14. The number of nitrogen functional groups attached to an aromatic ring is 1. The van der Waals surface area contributed by atoms with Gasteiger partial charge < -0.3 is 10.6 Å². The third-order valence-corrected chi connectivity index (χ3v) is 3.06. The first-order valence-electron chi connectivity index (χ1n) is 6.76. The summed E-state index contributed by atoms with van der Waals surface area (Å²) >= 11 is 0. The molecule has 106 valence electrons. The molecule has 2 aromatic rings. The summed E-state index contributed by atoms with van der Waals surface area (Å²) in [5, 5.41) is 0. The van der Waals surface area contributed by atoms with E-state index in [4.69, 9.17) is 5.73 Å². The molecular weight excluding hydrogens is 248 g/mol. The number of hydrogen-bond acceptors (Lipinski definition) is 4. The van der Waals surface area contributed by atoms with Gasteiger partial charge in [-0.2, -0.15) is 0 Å². The van der Waals surface area contributed by atoms with Gasteiger partial charge >= 0.3 is 0 Å². The number of nitrogens with zero attached hydrogens (tertiary/aromatic N) is 3. The van der Waals surface area contributed by atoms with E-state index in [1.807, 2.05) is 31.3 Å². The Morgan fingerprint density at radius 2 is 1.75 bits per heavy atom. The molecule has 0 fully saturated rings. The van der Waals surface area contributed by atoms with Crippen molar-refractivity contribution in [1.82, 2.24) is 9.97 Å². The molecule has 0 saturated heterocycles. The monoisotopic (exact) mass is 270 g/mol. The van der Waals surface area contributed by atoms with Crippen molar-refractivity contribution in [2.75, 3.05) is 17.7 Å². The Morgan fingerprint density at radius 1 is 1.10 bits per heavy atom. The van der Waals surface area contributed by atoms with Crippen molar-refractivity contribution in [1.29, 1.82) is 0 Å². The quantitative estimate of drug-likeness (QED) is 0.931. The molecule has 2 rings (SSSR count). The van der Waals surface area contributed by atoms with E-state index < -0.39 is 0 Å². The fourth-order valence-corrected chi connectivity index (χ4v) is 1.92. The lowest BCUT2D eigenvalue weighted by Crippen LogP contribution is -2.22. The number of hydrogen-bond donors (Lipinski definition) is 1. The van der Waals surface area contributed by atoms with Gasteiger partial charge in [0.2, 0.25) is 0 Å². The van der Waals surface area contributed by atoms with Gasteiger partial charge in [0.1, 0.15) is 17.5 Å². The zero-order valence-electron chi connectivity index (χ0n) is 12.6. The van der Waals surface area contributed by atoms with E-state index in [2.05, 4.69) is 47.8 Å². The molecule has 2 N–H and O–H groups in total. The molecule has 0 atom stereocenters. The first-order chi connectivity index (χ1) is 9.36. The lowest BCUT2D eigenvalue weighted by Gasteiger charge is -2.22. The molecule has 0 saturated carbocycles. The summed E-state index contributed by atoms with van der Waals surface area (Å²) in [4.78, 5) is 11.1. The maximum absolute atomic E-state index is 5.91. The van der Waals surface area contributed by atoms with E-state index in [0.717, 1.165) is 18.2 Å². The Balaban J connectivity index is 2.26. The highest BCUT2D eigenvalue weighted by molar-refractivity contribution is 5.47. The molecule has 0 aliphatic carbocycles. The van der Waals surface area contributed by atoms with Crippen LogP contribution >= 0.6 is 0 Å². The second-order valence-electron chi connectivity index (χ2n) is 6.07. The Hall–Kier alpha value is -2.10. The number of benzene rings is 1. The van der Waals surface area contributed by atoms with Crippen LogP contribution in [-0.2, 0) is 12.0 Å². The molecule has 0 aliphatic rings. The van der Waals surface area contributed by atoms with Crippen LogP contribution in [0.5, 0.6) is 0 Å². The molecule has 1 aromatic heterocycles. The molecule has 20 heavy (non-hydrogen) atoms. The van der Waals surface area contributed by atoms with E-state index in [1.54, 1.807) is 0 Å². The largest absolute Gasteiger partial charge is 0.384 e. The second kappa shape index (κ2) is 5.49. The van der Waals surface area contributed by atoms with Crippen molar-refractivity contribution >= 4 is 11.6 Å². The van der Waals surface area contributed by atoms with Gasteiger partial charge in [0, 0.05) is 25.1 Å². The Bertz CT molecular complexity index is 573. The summed E-state index contributed by atoms with van der Waals surface area (Å²) in [6, 6.07) is 12.1. The maximum atomic E-state index is 5.91. The number of rotatable bonds is 3. The highest BCUT2D eigenvalue weighted by atomic mass is 15.2. The van der Waals surface area contributed by atoms with Gasteiger partial charge in [0.15, 0.2) is 0 Å². The average Bonchev–Trinajstić information content (AvgIpc) is 2.38. The van der Waals surface area contributed by atoms with Crippen LogP contribution in [0.2, 0.25) is 0 Å². The first-order valence-corrected chi connectivity index (χ1v) is 6.76. The highest BCUT2D eigenvalue weighted by Gasteiger charge is 2.19. The van der Waals surface area contributed by atoms with Crippen LogP contribution < -0.4 is 10.6 Å². The Morgan fingerprint density at radius 3 is 2.35 bits per heavy atom. The minimum atomic E-state index is -0.113. The van der Waals surface area contributed by atoms with E-state index in [-0.39, 0.29) is 5.41 Å². The van der Waals surface area contributed by atoms with Gasteiger partial charge in [0.25, 0.3) is 0 Å². The molecular formula is C16H22N4. The highest BCUT2D eigenvalue weighted by Crippen LogP contribution is 2.23. The smallest absolute Gasteiger partial charge is 0.138 e.